The summed E-state index contributed by atoms with van der Waals surface area (Å²) in [4.78, 5) is 21.0. The second-order valence-corrected chi connectivity index (χ2v) is 8.72. The average molecular weight is 453 g/mol. The Morgan fingerprint density at radius 3 is 2.67 bits per heavy atom. The van der Waals surface area contributed by atoms with Crippen molar-refractivity contribution in [2.45, 2.75) is 51.1 Å². The minimum atomic E-state index is -0.104. The molecule has 0 bridgehead atoms. The van der Waals surface area contributed by atoms with Gasteiger partial charge in [-0.15, -0.1) is 0 Å². The van der Waals surface area contributed by atoms with Crippen LogP contribution in [0.15, 0.2) is 24.7 Å². The lowest BCUT2D eigenvalue weighted by atomic mass is 10.2. The third kappa shape index (κ3) is 4.72. The molecule has 1 unspecified atom stereocenters. The highest BCUT2D eigenvalue weighted by atomic mass is 16.5. The summed E-state index contributed by atoms with van der Waals surface area (Å²) < 4.78 is 7.61. The van der Waals surface area contributed by atoms with Crippen LogP contribution in [-0.2, 0) is 4.74 Å². The van der Waals surface area contributed by atoms with Crippen molar-refractivity contribution in [2.24, 2.45) is 0 Å². The third-order valence-electron chi connectivity index (χ3n) is 6.53. The Morgan fingerprint density at radius 1 is 1.15 bits per heavy atom. The molecule has 2 aliphatic rings. The van der Waals surface area contributed by atoms with E-state index in [4.69, 9.17) is 14.7 Å². The van der Waals surface area contributed by atoms with Crippen molar-refractivity contribution in [3.05, 3.63) is 24.7 Å². The van der Waals surface area contributed by atoms with E-state index < -0.39 is 0 Å². The van der Waals surface area contributed by atoms with E-state index in [9.17, 15) is 5.11 Å². The number of nitrogens with zero attached hydrogens (tertiary/aromatic N) is 6. The van der Waals surface area contributed by atoms with Crippen LogP contribution in [0.2, 0.25) is 0 Å². The monoisotopic (exact) mass is 452 g/mol. The number of aliphatic hydroxyl groups excluding tert-OH is 1. The number of aromatic nitrogens is 5. The van der Waals surface area contributed by atoms with Crippen molar-refractivity contribution in [1.29, 1.82) is 0 Å². The number of morpholine rings is 1. The van der Waals surface area contributed by atoms with Crippen LogP contribution in [0.4, 0.5) is 23.3 Å². The van der Waals surface area contributed by atoms with Crippen LogP contribution in [0.25, 0.3) is 11.2 Å². The fraction of sp³-hybridized carbons (Fsp3) is 0.565. The first-order chi connectivity index (χ1) is 16.2. The number of rotatable bonds is 8. The molecular formula is C23H32N8O2. The molecule has 0 amide bonds. The van der Waals surface area contributed by atoms with Gasteiger partial charge in [-0.1, -0.05) is 19.8 Å². The van der Waals surface area contributed by atoms with Crippen LogP contribution < -0.4 is 15.5 Å². The van der Waals surface area contributed by atoms with Gasteiger partial charge in [-0.3, -0.25) is 0 Å². The third-order valence-corrected chi connectivity index (χ3v) is 6.53. The van der Waals surface area contributed by atoms with Gasteiger partial charge < -0.3 is 29.9 Å². The molecule has 3 aromatic heterocycles. The Morgan fingerprint density at radius 2 is 1.97 bits per heavy atom. The minimum Gasteiger partial charge on any atom is -0.394 e. The number of pyridine rings is 1. The van der Waals surface area contributed by atoms with E-state index in [-0.39, 0.29) is 12.6 Å². The van der Waals surface area contributed by atoms with Gasteiger partial charge in [-0.05, 0) is 31.4 Å². The Labute approximate surface area is 193 Å². The molecule has 0 radical (unpaired) electrons. The SMILES string of the molecule is CCC(CO)Nc1nc(Nc2ccc(N3CCOCC3)nc2)c2ncn(C3CCCC3)c2n1. The lowest BCUT2D eigenvalue weighted by Crippen LogP contribution is -2.36. The molecule has 176 valence electrons. The van der Waals surface area contributed by atoms with Gasteiger partial charge in [-0.2, -0.15) is 9.97 Å². The van der Waals surface area contributed by atoms with Crippen LogP contribution in [0.5, 0.6) is 0 Å². The Kier molecular flexibility index (Phi) is 6.54. The van der Waals surface area contributed by atoms with Gasteiger partial charge in [-0.25, -0.2) is 9.97 Å². The van der Waals surface area contributed by atoms with Crippen LogP contribution >= 0.6 is 0 Å². The smallest absolute Gasteiger partial charge is 0.227 e. The Hall–Kier alpha value is -2.98. The van der Waals surface area contributed by atoms with Gasteiger partial charge in [0.2, 0.25) is 5.95 Å². The maximum atomic E-state index is 9.65. The van der Waals surface area contributed by atoms with Crippen molar-refractivity contribution in [1.82, 2.24) is 24.5 Å². The fourth-order valence-electron chi connectivity index (χ4n) is 4.55. The summed E-state index contributed by atoms with van der Waals surface area (Å²) in [6.45, 7) is 5.21. The van der Waals surface area contributed by atoms with Gasteiger partial charge in [0.1, 0.15) is 5.82 Å². The Balaban J connectivity index is 1.45. The standard InChI is InChI=1S/C23H32N8O2/c1-2-16(14-32)27-23-28-21(20-22(29-23)31(15-25-20)18-5-3-4-6-18)26-17-7-8-19(24-13-17)30-9-11-33-12-10-30/h7-8,13,15-16,18,32H,2-6,9-12,14H2,1H3,(H2,26,27,28,29). The predicted molar refractivity (Wildman–Crippen MR) is 128 cm³/mol. The van der Waals surface area contributed by atoms with Crippen molar-refractivity contribution in [3.8, 4) is 0 Å². The van der Waals surface area contributed by atoms with E-state index in [2.05, 4.69) is 30.1 Å². The highest BCUT2D eigenvalue weighted by molar-refractivity contribution is 5.86. The molecule has 1 saturated heterocycles. The fourth-order valence-corrected chi connectivity index (χ4v) is 4.55. The number of ether oxygens (including phenoxy) is 1. The molecule has 5 rings (SSSR count). The molecule has 33 heavy (non-hydrogen) atoms. The van der Waals surface area contributed by atoms with Crippen molar-refractivity contribution in [3.63, 3.8) is 0 Å². The van der Waals surface area contributed by atoms with Crippen LogP contribution in [0.3, 0.4) is 0 Å². The summed E-state index contributed by atoms with van der Waals surface area (Å²) >= 11 is 0. The first-order valence-corrected chi connectivity index (χ1v) is 11.9. The van der Waals surface area contributed by atoms with E-state index in [1.807, 2.05) is 31.6 Å². The number of anilines is 4. The lowest BCUT2D eigenvalue weighted by molar-refractivity contribution is 0.122. The van der Waals surface area contributed by atoms with Crippen molar-refractivity contribution in [2.75, 3.05) is 48.4 Å². The number of fused-ring (bicyclic) bond motifs is 1. The summed E-state index contributed by atoms with van der Waals surface area (Å²) in [7, 11) is 0. The molecule has 3 N–H and O–H groups in total. The second-order valence-electron chi connectivity index (χ2n) is 8.72. The maximum absolute atomic E-state index is 9.65. The van der Waals surface area contributed by atoms with E-state index in [0.29, 0.717) is 17.8 Å². The molecule has 1 saturated carbocycles. The van der Waals surface area contributed by atoms with Gasteiger partial charge in [0.25, 0.3) is 0 Å². The quantitative estimate of drug-likeness (QED) is 0.474. The summed E-state index contributed by atoms with van der Waals surface area (Å²) in [6, 6.07) is 4.34. The van der Waals surface area contributed by atoms with Crippen molar-refractivity contribution >= 4 is 34.4 Å². The first kappa shape index (κ1) is 21.8. The molecule has 10 heteroatoms. The number of hydrogen-bond acceptors (Lipinski definition) is 9. The summed E-state index contributed by atoms with van der Waals surface area (Å²) in [6.07, 6.45) is 9.22. The summed E-state index contributed by atoms with van der Waals surface area (Å²) in [5, 5.41) is 16.3. The zero-order chi connectivity index (χ0) is 22.6. The van der Waals surface area contributed by atoms with E-state index in [1.165, 1.54) is 12.8 Å². The van der Waals surface area contributed by atoms with Gasteiger partial charge in [0.15, 0.2) is 17.0 Å². The van der Waals surface area contributed by atoms with Crippen molar-refractivity contribution < 1.29 is 9.84 Å². The zero-order valence-corrected chi connectivity index (χ0v) is 19.1. The van der Waals surface area contributed by atoms with Crippen LogP contribution in [0, 0.1) is 0 Å². The van der Waals surface area contributed by atoms with Gasteiger partial charge in [0.05, 0.1) is 44.1 Å². The van der Waals surface area contributed by atoms with Gasteiger partial charge >= 0.3 is 0 Å². The molecule has 0 spiro atoms. The highest BCUT2D eigenvalue weighted by Gasteiger charge is 2.22. The second kappa shape index (κ2) is 9.88. The van der Waals surface area contributed by atoms with E-state index >= 15 is 0 Å². The largest absolute Gasteiger partial charge is 0.394 e. The lowest BCUT2D eigenvalue weighted by Gasteiger charge is -2.27. The summed E-state index contributed by atoms with van der Waals surface area (Å²) in [5.74, 6) is 2.06. The molecule has 0 aromatic carbocycles. The predicted octanol–water partition coefficient (Wildman–Crippen LogP) is 3.10. The Bertz CT molecular complexity index is 1050. The maximum Gasteiger partial charge on any atom is 0.227 e. The average Bonchev–Trinajstić information content (AvgIpc) is 3.54. The number of imidazole rings is 1. The minimum absolute atomic E-state index is 0.0233. The molecular weight excluding hydrogens is 420 g/mol. The van der Waals surface area contributed by atoms with E-state index in [1.54, 1.807) is 0 Å². The number of hydrogen-bond donors (Lipinski definition) is 3. The molecule has 10 nitrogen and oxygen atoms in total. The molecule has 4 heterocycles. The molecule has 1 aliphatic heterocycles. The first-order valence-electron chi connectivity index (χ1n) is 11.9. The van der Waals surface area contributed by atoms with Crippen LogP contribution in [-0.4, -0.2) is 68.6 Å². The summed E-state index contributed by atoms with van der Waals surface area (Å²) in [5.41, 5.74) is 2.39. The van der Waals surface area contributed by atoms with Crippen LogP contribution in [0.1, 0.15) is 45.1 Å². The molecule has 1 aliphatic carbocycles. The topological polar surface area (TPSA) is 113 Å². The number of nitrogens with one attached hydrogen (secondary N) is 2. The van der Waals surface area contributed by atoms with Gasteiger partial charge in [0, 0.05) is 19.1 Å². The molecule has 1 atom stereocenters. The van der Waals surface area contributed by atoms with E-state index in [0.717, 1.165) is 68.2 Å². The molecule has 3 aromatic rings. The number of aliphatic hydroxyl groups is 1. The normalized spacial score (nSPS) is 18.1. The highest BCUT2D eigenvalue weighted by Crippen LogP contribution is 2.33. The molecule has 2 fully saturated rings. The zero-order valence-electron chi connectivity index (χ0n) is 19.1.